The van der Waals surface area contributed by atoms with Crippen LogP contribution < -0.4 is 4.29 Å². The van der Waals surface area contributed by atoms with Crippen molar-refractivity contribution >= 4 is 23.8 Å². The molecular weight excluding hydrogens is 412 g/mol. The number of benzene rings is 2. The predicted molar refractivity (Wildman–Crippen MR) is 110 cm³/mol. The van der Waals surface area contributed by atoms with E-state index in [0.29, 0.717) is 23.3 Å². The number of esters is 2. The average molecular weight is 437 g/mol. The van der Waals surface area contributed by atoms with Crippen molar-refractivity contribution < 1.29 is 33.6 Å². The van der Waals surface area contributed by atoms with Crippen molar-refractivity contribution in [3.63, 3.8) is 0 Å². The van der Waals surface area contributed by atoms with Gasteiger partial charge in [-0.05, 0) is 41.3 Å². The van der Waals surface area contributed by atoms with E-state index < -0.39 is 29.9 Å². The molecule has 0 aromatic heterocycles. The monoisotopic (exact) mass is 436 g/mol. The molecule has 8 heteroatoms. The maximum atomic E-state index is 12.7. The Morgan fingerprint density at radius 3 is 2.07 bits per heavy atom. The molecule has 0 radical (unpaired) electrons. The Morgan fingerprint density at radius 2 is 1.53 bits per heavy atom. The molecule has 0 amide bonds. The van der Waals surface area contributed by atoms with Gasteiger partial charge >= 0.3 is 11.9 Å². The van der Waals surface area contributed by atoms with Crippen molar-refractivity contribution in [2.45, 2.75) is 45.5 Å². The lowest BCUT2D eigenvalue weighted by molar-refractivity contribution is -0.180. The standard InChI is InChI=1S/C22H25ClO7/c1-3-15(2)22(27,12-20(25)28-13-16-4-8-18(24)9-5-16)21(26)29-14-17-6-10-19(30-23)11-7-17/h4-11,15,24,27H,3,12-14H2,1-2H3. The molecule has 2 aromatic rings. The highest BCUT2D eigenvalue weighted by Gasteiger charge is 2.44. The number of hydrogen-bond donors (Lipinski definition) is 2. The van der Waals surface area contributed by atoms with E-state index in [4.69, 9.17) is 21.3 Å². The predicted octanol–water partition coefficient (Wildman–Crippen LogP) is 3.88. The Morgan fingerprint density at radius 1 is 1.00 bits per heavy atom. The molecule has 0 saturated heterocycles. The molecule has 2 aromatic carbocycles. The fourth-order valence-electron chi connectivity index (χ4n) is 2.72. The van der Waals surface area contributed by atoms with E-state index in [9.17, 15) is 19.8 Å². The van der Waals surface area contributed by atoms with Gasteiger partial charge in [-0.15, -0.1) is 0 Å². The number of aliphatic hydroxyl groups is 1. The summed E-state index contributed by atoms with van der Waals surface area (Å²) in [6.07, 6.45) is -0.0729. The van der Waals surface area contributed by atoms with Gasteiger partial charge in [-0.1, -0.05) is 44.5 Å². The van der Waals surface area contributed by atoms with Crippen LogP contribution in [0.4, 0.5) is 0 Å². The number of hydrogen-bond acceptors (Lipinski definition) is 7. The molecule has 0 aliphatic rings. The van der Waals surface area contributed by atoms with E-state index in [0.717, 1.165) is 0 Å². The summed E-state index contributed by atoms with van der Waals surface area (Å²) in [5.41, 5.74) is -0.678. The van der Waals surface area contributed by atoms with Crippen molar-refractivity contribution in [2.24, 2.45) is 5.92 Å². The molecule has 2 atom stereocenters. The highest BCUT2D eigenvalue weighted by Crippen LogP contribution is 2.27. The number of carbonyl (C=O) groups excluding carboxylic acids is 2. The van der Waals surface area contributed by atoms with Crippen molar-refractivity contribution in [2.75, 3.05) is 0 Å². The molecular formula is C22H25ClO7. The van der Waals surface area contributed by atoms with Crippen LogP contribution in [0.15, 0.2) is 48.5 Å². The number of aromatic hydroxyl groups is 1. The van der Waals surface area contributed by atoms with Gasteiger partial charge in [-0.3, -0.25) is 4.79 Å². The van der Waals surface area contributed by atoms with E-state index in [2.05, 4.69) is 4.29 Å². The second kappa shape index (κ2) is 10.8. The second-order valence-corrected chi connectivity index (χ2v) is 7.19. The lowest BCUT2D eigenvalue weighted by Gasteiger charge is -2.30. The molecule has 7 nitrogen and oxygen atoms in total. The minimum atomic E-state index is -2.01. The van der Waals surface area contributed by atoms with E-state index in [-0.39, 0.29) is 19.0 Å². The fourth-order valence-corrected chi connectivity index (χ4v) is 2.83. The third-order valence-corrected chi connectivity index (χ3v) is 5.09. The van der Waals surface area contributed by atoms with Gasteiger partial charge in [0.05, 0.1) is 6.42 Å². The summed E-state index contributed by atoms with van der Waals surface area (Å²) >= 11 is 5.26. The first-order chi connectivity index (χ1) is 14.3. The molecule has 0 fully saturated rings. The number of halogens is 1. The first-order valence-electron chi connectivity index (χ1n) is 9.49. The van der Waals surface area contributed by atoms with Crippen molar-refractivity contribution in [3.05, 3.63) is 59.7 Å². The lowest BCUT2D eigenvalue weighted by atomic mass is 9.84. The Kier molecular flexibility index (Phi) is 8.50. The molecule has 0 heterocycles. The Hall–Kier alpha value is -2.77. The van der Waals surface area contributed by atoms with E-state index in [1.54, 1.807) is 50.2 Å². The van der Waals surface area contributed by atoms with Crippen LogP contribution >= 0.6 is 11.9 Å². The average Bonchev–Trinajstić information content (AvgIpc) is 2.76. The smallest absolute Gasteiger partial charge is 0.339 e. The minimum absolute atomic E-state index is 0.0419. The van der Waals surface area contributed by atoms with Crippen LogP contribution in [-0.4, -0.2) is 27.8 Å². The van der Waals surface area contributed by atoms with Gasteiger partial charge in [0.15, 0.2) is 5.60 Å². The minimum Gasteiger partial charge on any atom is -0.508 e. The molecule has 2 unspecified atom stereocenters. The Labute approximate surface area is 180 Å². The van der Waals surface area contributed by atoms with Crippen LogP contribution in [0.2, 0.25) is 0 Å². The molecule has 162 valence electrons. The summed E-state index contributed by atoms with van der Waals surface area (Å²) in [7, 11) is 0. The number of phenols is 1. The van der Waals surface area contributed by atoms with Crippen molar-refractivity contribution in [1.29, 1.82) is 0 Å². The molecule has 0 saturated carbocycles. The first-order valence-corrected chi connectivity index (χ1v) is 9.80. The number of ether oxygens (including phenoxy) is 2. The highest BCUT2D eigenvalue weighted by atomic mass is 35.5. The van der Waals surface area contributed by atoms with Gasteiger partial charge in [0.1, 0.15) is 36.6 Å². The van der Waals surface area contributed by atoms with Crippen LogP contribution in [-0.2, 0) is 32.3 Å². The summed E-state index contributed by atoms with van der Waals surface area (Å²) in [4.78, 5) is 25.0. The van der Waals surface area contributed by atoms with E-state index in [1.807, 2.05) is 0 Å². The number of phenolic OH excluding ortho intramolecular Hbond substituents is 1. The Bertz CT molecular complexity index is 836. The maximum Gasteiger partial charge on any atom is 0.339 e. The largest absolute Gasteiger partial charge is 0.508 e. The van der Waals surface area contributed by atoms with Crippen LogP contribution in [0.3, 0.4) is 0 Å². The summed E-state index contributed by atoms with van der Waals surface area (Å²) < 4.78 is 15.0. The van der Waals surface area contributed by atoms with E-state index >= 15 is 0 Å². The van der Waals surface area contributed by atoms with Crippen LogP contribution in [0.25, 0.3) is 0 Å². The normalized spacial score (nSPS) is 13.7. The summed E-state index contributed by atoms with van der Waals surface area (Å²) in [6, 6.07) is 12.7. The van der Waals surface area contributed by atoms with Gasteiger partial charge < -0.3 is 24.0 Å². The topological polar surface area (TPSA) is 102 Å². The molecule has 0 aliphatic carbocycles. The molecule has 30 heavy (non-hydrogen) atoms. The quantitative estimate of drug-likeness (QED) is 0.545. The number of carbonyl (C=O) groups is 2. The van der Waals surface area contributed by atoms with Gasteiger partial charge in [0, 0.05) is 0 Å². The maximum absolute atomic E-state index is 12.7. The zero-order chi connectivity index (χ0) is 22.1. The van der Waals surface area contributed by atoms with Crippen molar-refractivity contribution in [1.82, 2.24) is 0 Å². The fraction of sp³-hybridized carbons (Fsp3) is 0.364. The van der Waals surface area contributed by atoms with Gasteiger partial charge in [0.25, 0.3) is 0 Å². The summed E-state index contributed by atoms with van der Waals surface area (Å²) in [6.45, 7) is 3.35. The van der Waals surface area contributed by atoms with Gasteiger partial charge in [-0.25, -0.2) is 4.79 Å². The third kappa shape index (κ3) is 6.37. The molecule has 0 spiro atoms. The molecule has 0 aliphatic heterocycles. The van der Waals surface area contributed by atoms with Crippen molar-refractivity contribution in [3.8, 4) is 11.5 Å². The van der Waals surface area contributed by atoms with Crippen LogP contribution in [0, 0.1) is 5.92 Å². The molecule has 0 bridgehead atoms. The Balaban J connectivity index is 1.98. The summed E-state index contributed by atoms with van der Waals surface area (Å²) in [5, 5.41) is 20.3. The second-order valence-electron chi connectivity index (χ2n) is 7.03. The highest BCUT2D eigenvalue weighted by molar-refractivity contribution is 6.09. The summed E-state index contributed by atoms with van der Waals surface area (Å²) in [5.74, 6) is -1.61. The molecule has 2 N–H and O–H groups in total. The van der Waals surface area contributed by atoms with Crippen LogP contribution in [0.1, 0.15) is 37.8 Å². The van der Waals surface area contributed by atoms with E-state index in [1.165, 1.54) is 12.1 Å². The van der Waals surface area contributed by atoms with Gasteiger partial charge in [-0.2, -0.15) is 0 Å². The molecule has 2 rings (SSSR count). The number of rotatable bonds is 10. The zero-order valence-corrected chi connectivity index (χ0v) is 17.6. The third-order valence-electron chi connectivity index (χ3n) is 4.91. The zero-order valence-electron chi connectivity index (χ0n) is 16.8. The van der Waals surface area contributed by atoms with Gasteiger partial charge in [0.2, 0.25) is 0 Å². The van der Waals surface area contributed by atoms with Crippen LogP contribution in [0.5, 0.6) is 11.5 Å². The lowest BCUT2D eigenvalue weighted by Crippen LogP contribution is -2.47. The first kappa shape index (κ1) is 23.5. The SMILES string of the molecule is CCC(C)C(O)(CC(=O)OCc1ccc(O)cc1)C(=O)OCc1ccc(OCl)cc1.